The molecular formula is C17H21NO2S. The molecule has 0 bridgehead atoms. The quantitative estimate of drug-likeness (QED) is 0.888. The Kier molecular flexibility index (Phi) is 4.70. The zero-order valence-electron chi connectivity index (χ0n) is 12.3. The SMILES string of the molecule is COC1(CNCc2ccc(-c3ccccc3)s2)CCOC1. The van der Waals surface area contributed by atoms with Crippen molar-refractivity contribution in [1.82, 2.24) is 5.32 Å². The van der Waals surface area contributed by atoms with E-state index >= 15 is 0 Å². The number of ether oxygens (including phenoxy) is 2. The monoisotopic (exact) mass is 303 g/mol. The van der Waals surface area contributed by atoms with Crippen molar-refractivity contribution < 1.29 is 9.47 Å². The maximum absolute atomic E-state index is 5.63. The maximum atomic E-state index is 5.63. The summed E-state index contributed by atoms with van der Waals surface area (Å²) in [4.78, 5) is 2.66. The molecule has 3 rings (SSSR count). The zero-order chi connectivity index (χ0) is 14.5. The Labute approximate surface area is 129 Å². The summed E-state index contributed by atoms with van der Waals surface area (Å²) in [7, 11) is 1.77. The smallest absolute Gasteiger partial charge is 0.106 e. The molecule has 1 fully saturated rings. The van der Waals surface area contributed by atoms with Crippen LogP contribution in [0.5, 0.6) is 0 Å². The van der Waals surface area contributed by atoms with Gasteiger partial charge < -0.3 is 14.8 Å². The molecule has 0 amide bonds. The fraction of sp³-hybridized carbons (Fsp3) is 0.412. The number of hydrogen-bond donors (Lipinski definition) is 1. The Hall–Kier alpha value is -1.20. The molecular weight excluding hydrogens is 282 g/mol. The van der Waals surface area contributed by atoms with Gasteiger partial charge in [-0.2, -0.15) is 0 Å². The Morgan fingerprint density at radius 1 is 1.24 bits per heavy atom. The van der Waals surface area contributed by atoms with Gasteiger partial charge in [0, 0.05) is 43.0 Å². The lowest BCUT2D eigenvalue weighted by Crippen LogP contribution is -2.42. The van der Waals surface area contributed by atoms with E-state index in [0.717, 1.165) is 26.1 Å². The molecule has 0 radical (unpaired) electrons. The number of methoxy groups -OCH3 is 1. The third-order valence-corrected chi connectivity index (χ3v) is 5.10. The largest absolute Gasteiger partial charge is 0.378 e. The summed E-state index contributed by atoms with van der Waals surface area (Å²) in [5.41, 5.74) is 1.14. The first kappa shape index (κ1) is 14.7. The normalized spacial score (nSPS) is 21.8. The number of rotatable bonds is 6. The molecule has 0 saturated carbocycles. The summed E-state index contributed by atoms with van der Waals surface area (Å²) in [5, 5.41) is 3.51. The molecule has 1 aromatic carbocycles. The number of nitrogens with one attached hydrogen (secondary N) is 1. The molecule has 0 spiro atoms. The summed E-state index contributed by atoms with van der Waals surface area (Å²) in [6.07, 6.45) is 0.968. The second kappa shape index (κ2) is 6.71. The molecule has 1 saturated heterocycles. The van der Waals surface area contributed by atoms with Gasteiger partial charge in [-0.05, 0) is 17.7 Å². The summed E-state index contributed by atoms with van der Waals surface area (Å²) in [6.45, 7) is 3.20. The standard InChI is InChI=1S/C17H21NO2S/c1-19-17(9-10-20-13-17)12-18-11-15-7-8-16(21-15)14-5-3-2-4-6-14/h2-8,18H,9-13H2,1H3. The Morgan fingerprint density at radius 3 is 2.81 bits per heavy atom. The highest BCUT2D eigenvalue weighted by atomic mass is 32.1. The summed E-state index contributed by atoms with van der Waals surface area (Å²) < 4.78 is 11.1. The van der Waals surface area contributed by atoms with Crippen LogP contribution in [0.2, 0.25) is 0 Å². The third-order valence-electron chi connectivity index (χ3n) is 3.97. The van der Waals surface area contributed by atoms with E-state index in [9.17, 15) is 0 Å². The predicted molar refractivity (Wildman–Crippen MR) is 86.6 cm³/mol. The zero-order valence-corrected chi connectivity index (χ0v) is 13.1. The van der Waals surface area contributed by atoms with Gasteiger partial charge >= 0.3 is 0 Å². The molecule has 3 nitrogen and oxygen atoms in total. The molecule has 1 atom stereocenters. The van der Waals surface area contributed by atoms with Crippen LogP contribution in [0.3, 0.4) is 0 Å². The van der Waals surface area contributed by atoms with E-state index in [1.807, 2.05) is 17.4 Å². The molecule has 2 aromatic rings. The molecule has 0 aliphatic carbocycles. The first-order valence-electron chi connectivity index (χ1n) is 7.29. The van der Waals surface area contributed by atoms with E-state index in [2.05, 4.69) is 41.7 Å². The Bertz CT molecular complexity index is 561. The number of thiophene rings is 1. The molecule has 1 aliphatic rings. The fourth-order valence-corrected chi connectivity index (χ4v) is 3.59. The number of hydrogen-bond acceptors (Lipinski definition) is 4. The Balaban J connectivity index is 1.56. The van der Waals surface area contributed by atoms with Crippen molar-refractivity contribution in [1.29, 1.82) is 0 Å². The first-order chi connectivity index (χ1) is 10.3. The van der Waals surface area contributed by atoms with Gasteiger partial charge in [0.1, 0.15) is 5.60 Å². The average Bonchev–Trinajstić information content (AvgIpc) is 3.18. The predicted octanol–water partition coefficient (Wildman–Crippen LogP) is 3.31. The van der Waals surface area contributed by atoms with Gasteiger partial charge in [0.2, 0.25) is 0 Å². The molecule has 21 heavy (non-hydrogen) atoms. The first-order valence-corrected chi connectivity index (χ1v) is 8.11. The van der Waals surface area contributed by atoms with Crippen molar-refractivity contribution in [3.63, 3.8) is 0 Å². The van der Waals surface area contributed by atoms with Crippen LogP contribution in [0.25, 0.3) is 10.4 Å². The highest BCUT2D eigenvalue weighted by Gasteiger charge is 2.34. The van der Waals surface area contributed by atoms with Crippen molar-refractivity contribution in [2.24, 2.45) is 0 Å². The lowest BCUT2D eigenvalue weighted by atomic mass is 10.0. The summed E-state index contributed by atoms with van der Waals surface area (Å²) in [6, 6.07) is 14.9. The number of benzene rings is 1. The molecule has 1 aromatic heterocycles. The molecule has 1 unspecified atom stereocenters. The molecule has 1 aliphatic heterocycles. The topological polar surface area (TPSA) is 30.5 Å². The van der Waals surface area contributed by atoms with Crippen molar-refractivity contribution >= 4 is 11.3 Å². The lowest BCUT2D eigenvalue weighted by Gasteiger charge is -2.25. The highest BCUT2D eigenvalue weighted by Crippen LogP contribution is 2.28. The fourth-order valence-electron chi connectivity index (χ4n) is 2.61. The van der Waals surface area contributed by atoms with Crippen LogP contribution in [-0.2, 0) is 16.0 Å². The minimum atomic E-state index is -0.139. The van der Waals surface area contributed by atoms with E-state index < -0.39 is 0 Å². The van der Waals surface area contributed by atoms with Gasteiger partial charge in [-0.15, -0.1) is 11.3 Å². The summed E-state index contributed by atoms with van der Waals surface area (Å²) in [5.74, 6) is 0. The highest BCUT2D eigenvalue weighted by molar-refractivity contribution is 7.15. The van der Waals surface area contributed by atoms with Crippen molar-refractivity contribution in [3.8, 4) is 10.4 Å². The minimum Gasteiger partial charge on any atom is -0.378 e. The van der Waals surface area contributed by atoms with E-state index in [1.165, 1.54) is 15.3 Å². The summed E-state index contributed by atoms with van der Waals surface area (Å²) >= 11 is 1.84. The molecule has 2 heterocycles. The van der Waals surface area contributed by atoms with Crippen LogP contribution in [0.1, 0.15) is 11.3 Å². The molecule has 1 N–H and O–H groups in total. The van der Waals surface area contributed by atoms with Crippen molar-refractivity contribution in [2.75, 3.05) is 26.9 Å². The van der Waals surface area contributed by atoms with E-state index in [4.69, 9.17) is 9.47 Å². The van der Waals surface area contributed by atoms with Gasteiger partial charge in [0.25, 0.3) is 0 Å². The van der Waals surface area contributed by atoms with Crippen molar-refractivity contribution in [2.45, 2.75) is 18.6 Å². The van der Waals surface area contributed by atoms with Gasteiger partial charge in [-0.25, -0.2) is 0 Å². The average molecular weight is 303 g/mol. The van der Waals surface area contributed by atoms with E-state index in [-0.39, 0.29) is 5.60 Å². The van der Waals surface area contributed by atoms with Crippen LogP contribution in [0, 0.1) is 0 Å². The minimum absolute atomic E-state index is 0.139. The van der Waals surface area contributed by atoms with Crippen LogP contribution in [-0.4, -0.2) is 32.5 Å². The van der Waals surface area contributed by atoms with Crippen LogP contribution in [0.4, 0.5) is 0 Å². The van der Waals surface area contributed by atoms with Gasteiger partial charge in [-0.1, -0.05) is 30.3 Å². The van der Waals surface area contributed by atoms with Gasteiger partial charge in [-0.3, -0.25) is 0 Å². The van der Waals surface area contributed by atoms with Crippen LogP contribution in [0.15, 0.2) is 42.5 Å². The van der Waals surface area contributed by atoms with E-state index in [1.54, 1.807) is 7.11 Å². The second-order valence-electron chi connectivity index (χ2n) is 5.43. The lowest BCUT2D eigenvalue weighted by molar-refractivity contribution is -0.0158. The maximum Gasteiger partial charge on any atom is 0.106 e. The third kappa shape index (κ3) is 3.52. The van der Waals surface area contributed by atoms with E-state index in [0.29, 0.717) is 6.61 Å². The molecule has 4 heteroatoms. The van der Waals surface area contributed by atoms with Crippen LogP contribution >= 0.6 is 11.3 Å². The second-order valence-corrected chi connectivity index (χ2v) is 6.59. The van der Waals surface area contributed by atoms with Crippen molar-refractivity contribution in [3.05, 3.63) is 47.3 Å². The Morgan fingerprint density at radius 2 is 2.10 bits per heavy atom. The molecule has 112 valence electrons. The van der Waals surface area contributed by atoms with Gasteiger partial charge in [0.15, 0.2) is 0 Å². The van der Waals surface area contributed by atoms with Gasteiger partial charge in [0.05, 0.1) is 6.61 Å². The van der Waals surface area contributed by atoms with Crippen LogP contribution < -0.4 is 5.32 Å².